The topological polar surface area (TPSA) is 75.1 Å². The second-order valence-corrected chi connectivity index (χ2v) is 4.56. The van der Waals surface area contributed by atoms with Gasteiger partial charge >= 0.3 is 0 Å². The Morgan fingerprint density at radius 3 is 2.57 bits per heavy atom. The zero-order valence-electron chi connectivity index (χ0n) is 13.1. The number of hydrogen-bond donors (Lipinski definition) is 2. The van der Waals surface area contributed by atoms with E-state index in [-0.39, 0.29) is 0 Å². The molecule has 6 heteroatoms. The van der Waals surface area contributed by atoms with Crippen LogP contribution in [-0.4, -0.2) is 31.5 Å². The number of aliphatic imine (C=N–C) groups is 3. The molecule has 5 nitrogen and oxygen atoms in total. The summed E-state index contributed by atoms with van der Waals surface area (Å²) in [4.78, 5) is 12.4. The molecule has 0 radical (unpaired) electrons. The molecule has 21 heavy (non-hydrogen) atoms. The van der Waals surface area contributed by atoms with E-state index < -0.39 is 0 Å². The van der Waals surface area contributed by atoms with Crippen LogP contribution < -0.4 is 11.1 Å². The zero-order valence-corrected chi connectivity index (χ0v) is 13.9. The molecule has 0 amide bonds. The Morgan fingerprint density at radius 1 is 1.24 bits per heavy atom. The largest absolute Gasteiger partial charge is 0.342 e. The van der Waals surface area contributed by atoms with E-state index in [9.17, 15) is 0 Å². The van der Waals surface area contributed by atoms with Gasteiger partial charge in [-0.15, -0.1) is 0 Å². The van der Waals surface area contributed by atoms with Crippen LogP contribution >= 0.6 is 11.6 Å². The third-order valence-corrected chi connectivity index (χ3v) is 2.58. The van der Waals surface area contributed by atoms with E-state index in [0.29, 0.717) is 24.1 Å². The average molecular weight is 312 g/mol. The number of allylic oxidation sites excluding steroid dienone is 2. The Balaban J connectivity index is 5.01. The molecule has 0 bridgehead atoms. The van der Waals surface area contributed by atoms with Gasteiger partial charge in [0.25, 0.3) is 0 Å². The summed E-state index contributed by atoms with van der Waals surface area (Å²) >= 11 is 5.95. The summed E-state index contributed by atoms with van der Waals surface area (Å²) < 4.78 is 0. The number of rotatable bonds is 9. The maximum atomic E-state index is 5.95. The first kappa shape index (κ1) is 19.5. The van der Waals surface area contributed by atoms with Crippen LogP contribution in [0.5, 0.6) is 0 Å². The van der Waals surface area contributed by atoms with Gasteiger partial charge in [-0.2, -0.15) is 0 Å². The van der Waals surface area contributed by atoms with Crippen LogP contribution in [0.3, 0.4) is 0 Å². The van der Waals surface area contributed by atoms with E-state index >= 15 is 0 Å². The van der Waals surface area contributed by atoms with E-state index in [1.54, 1.807) is 6.21 Å². The lowest BCUT2D eigenvalue weighted by atomic mass is 10.2. The van der Waals surface area contributed by atoms with Crippen LogP contribution in [0.2, 0.25) is 0 Å². The van der Waals surface area contributed by atoms with Crippen LogP contribution in [0.25, 0.3) is 0 Å². The Labute approximate surface area is 132 Å². The molecule has 0 aliphatic heterocycles. The molecule has 0 saturated carbocycles. The van der Waals surface area contributed by atoms with Crippen molar-refractivity contribution >= 4 is 30.0 Å². The summed E-state index contributed by atoms with van der Waals surface area (Å²) in [6, 6.07) is 0. The van der Waals surface area contributed by atoms with Crippen LogP contribution in [0.4, 0.5) is 0 Å². The van der Waals surface area contributed by atoms with E-state index in [1.165, 1.54) is 6.34 Å². The van der Waals surface area contributed by atoms with E-state index in [1.807, 2.05) is 19.9 Å². The molecule has 0 atom stereocenters. The summed E-state index contributed by atoms with van der Waals surface area (Å²) in [6.07, 6.45) is 9.82. The van der Waals surface area contributed by atoms with Gasteiger partial charge in [-0.05, 0) is 25.8 Å². The van der Waals surface area contributed by atoms with E-state index in [4.69, 9.17) is 17.3 Å². The van der Waals surface area contributed by atoms with Gasteiger partial charge in [-0.3, -0.25) is 4.99 Å². The van der Waals surface area contributed by atoms with Gasteiger partial charge in [0.05, 0.1) is 6.21 Å². The molecule has 0 aromatic rings. The third-order valence-electron chi connectivity index (χ3n) is 2.33. The predicted octanol–water partition coefficient (Wildman–Crippen LogP) is 3.23. The molecule has 0 heterocycles. The SMILES string of the molecule is CC/C=C(/Cl)N=CC(=NC=NCC)N/C(=C/CCC)CN. The maximum absolute atomic E-state index is 5.95. The number of amidine groups is 1. The average Bonchev–Trinajstić information content (AvgIpc) is 2.48. The molecule has 0 aliphatic rings. The summed E-state index contributed by atoms with van der Waals surface area (Å²) in [5, 5.41) is 3.59. The molecule has 118 valence electrons. The standard InChI is InChI=1S/C15H26ClN5/c1-4-7-9-13(10-17)21-15(20-12-18-6-3)11-19-14(16)8-5-2/h8-9,11-12H,4-7,10,17H2,1-3H3,(H,18,20,21)/b13-9+,14-8-,19-11?. The molecule has 0 fully saturated rings. The van der Waals surface area contributed by atoms with Crippen molar-refractivity contribution in [3.63, 3.8) is 0 Å². The first-order valence-electron chi connectivity index (χ1n) is 7.29. The quantitative estimate of drug-likeness (QED) is 0.390. The highest BCUT2D eigenvalue weighted by molar-refractivity contribution is 6.35. The summed E-state index contributed by atoms with van der Waals surface area (Å²) in [5.41, 5.74) is 6.62. The van der Waals surface area contributed by atoms with Gasteiger partial charge in [0.1, 0.15) is 11.5 Å². The first-order chi connectivity index (χ1) is 10.2. The Bertz CT molecular complexity index is 422. The zero-order chi connectivity index (χ0) is 15.9. The van der Waals surface area contributed by atoms with Gasteiger partial charge in [0.15, 0.2) is 5.84 Å². The van der Waals surface area contributed by atoms with Crippen molar-refractivity contribution in [2.45, 2.75) is 40.0 Å². The summed E-state index contributed by atoms with van der Waals surface area (Å²) in [7, 11) is 0. The summed E-state index contributed by atoms with van der Waals surface area (Å²) in [5.74, 6) is 0.558. The second-order valence-electron chi connectivity index (χ2n) is 4.17. The van der Waals surface area contributed by atoms with E-state index in [0.717, 1.165) is 25.0 Å². The van der Waals surface area contributed by atoms with Crippen LogP contribution in [-0.2, 0) is 0 Å². The van der Waals surface area contributed by atoms with Crippen molar-refractivity contribution in [1.82, 2.24) is 5.32 Å². The Morgan fingerprint density at radius 2 is 2.00 bits per heavy atom. The van der Waals surface area contributed by atoms with Crippen molar-refractivity contribution in [1.29, 1.82) is 0 Å². The van der Waals surface area contributed by atoms with Gasteiger partial charge in [0, 0.05) is 18.8 Å². The number of nitrogens with two attached hydrogens (primary N) is 1. The number of halogens is 1. The minimum Gasteiger partial charge on any atom is -0.342 e. The van der Waals surface area contributed by atoms with Crippen LogP contribution in [0.15, 0.2) is 38.0 Å². The van der Waals surface area contributed by atoms with Gasteiger partial charge in [-0.1, -0.05) is 37.9 Å². The number of unbranched alkanes of at least 4 members (excludes halogenated alkanes) is 1. The maximum Gasteiger partial charge on any atom is 0.150 e. The van der Waals surface area contributed by atoms with Crippen molar-refractivity contribution in [2.24, 2.45) is 20.7 Å². The van der Waals surface area contributed by atoms with Gasteiger partial charge in [0.2, 0.25) is 0 Å². The van der Waals surface area contributed by atoms with Crippen molar-refractivity contribution in [3.05, 3.63) is 23.0 Å². The monoisotopic (exact) mass is 311 g/mol. The van der Waals surface area contributed by atoms with Crippen LogP contribution in [0.1, 0.15) is 40.0 Å². The number of hydrogen-bond acceptors (Lipinski definition) is 3. The molecule has 0 aromatic heterocycles. The van der Waals surface area contributed by atoms with Crippen molar-refractivity contribution in [2.75, 3.05) is 13.1 Å². The fourth-order valence-corrected chi connectivity index (χ4v) is 1.50. The van der Waals surface area contributed by atoms with Gasteiger partial charge < -0.3 is 11.1 Å². The highest BCUT2D eigenvalue weighted by Gasteiger charge is 1.99. The molecule has 0 rings (SSSR count). The molecular weight excluding hydrogens is 286 g/mol. The lowest BCUT2D eigenvalue weighted by Gasteiger charge is -2.08. The minimum absolute atomic E-state index is 0.413. The molecule has 0 saturated heterocycles. The number of nitrogens with one attached hydrogen (secondary N) is 1. The van der Waals surface area contributed by atoms with Crippen molar-refractivity contribution in [3.8, 4) is 0 Å². The Kier molecular flexibility index (Phi) is 12.6. The lowest BCUT2D eigenvalue weighted by Crippen LogP contribution is -2.28. The fourth-order valence-electron chi connectivity index (χ4n) is 1.29. The highest BCUT2D eigenvalue weighted by Crippen LogP contribution is 2.03. The van der Waals surface area contributed by atoms with Crippen molar-refractivity contribution < 1.29 is 0 Å². The lowest BCUT2D eigenvalue weighted by molar-refractivity contribution is 0.915. The third kappa shape index (κ3) is 10.9. The minimum atomic E-state index is 0.413. The van der Waals surface area contributed by atoms with Crippen LogP contribution in [0, 0.1) is 0 Å². The molecular formula is C15H26ClN5. The molecule has 0 spiro atoms. The molecule has 0 unspecified atom stereocenters. The molecule has 0 aromatic carbocycles. The normalized spacial score (nSPS) is 14.4. The smallest absolute Gasteiger partial charge is 0.150 e. The second kappa shape index (κ2) is 13.5. The van der Waals surface area contributed by atoms with E-state index in [2.05, 4.69) is 33.3 Å². The summed E-state index contributed by atoms with van der Waals surface area (Å²) in [6.45, 7) is 7.15. The highest BCUT2D eigenvalue weighted by atomic mass is 35.5. The molecule has 3 N–H and O–H groups in total. The molecule has 0 aliphatic carbocycles. The van der Waals surface area contributed by atoms with Gasteiger partial charge in [-0.25, -0.2) is 9.98 Å². The Hall–Kier alpha value is -1.46. The first-order valence-corrected chi connectivity index (χ1v) is 7.67. The fraction of sp³-hybridized carbons (Fsp3) is 0.533. The number of nitrogens with zero attached hydrogens (tertiary/aromatic N) is 3. The predicted molar refractivity (Wildman–Crippen MR) is 94.4 cm³/mol.